The molecule has 4 heteroatoms. The molecule has 19 heavy (non-hydrogen) atoms. The van der Waals surface area contributed by atoms with Crippen LogP contribution in [0, 0.1) is 0 Å². The topological polar surface area (TPSA) is 52.6 Å². The van der Waals surface area contributed by atoms with Gasteiger partial charge in [0.1, 0.15) is 5.78 Å². The molecule has 0 aromatic heterocycles. The van der Waals surface area contributed by atoms with Gasteiger partial charge in [0.05, 0.1) is 7.11 Å². The Morgan fingerprint density at radius 3 is 2.42 bits per heavy atom. The molecule has 1 aromatic carbocycles. The molecule has 0 N–H and O–H groups in total. The molecule has 1 rings (SSSR count). The number of Topliss-reactive ketones (excluding diaryl/α,β-unsaturated/α-hetero) is 1. The van der Waals surface area contributed by atoms with Gasteiger partial charge in [0.15, 0.2) is 11.5 Å². The van der Waals surface area contributed by atoms with E-state index in [-0.39, 0.29) is 5.78 Å². The van der Waals surface area contributed by atoms with E-state index < -0.39 is 5.97 Å². The highest BCUT2D eigenvalue weighted by Gasteiger charge is 2.11. The maximum atomic E-state index is 11.5. The normalized spacial score (nSPS) is 9.84. The highest BCUT2D eigenvalue weighted by molar-refractivity contribution is 5.89. The summed E-state index contributed by atoms with van der Waals surface area (Å²) in [7, 11) is 1.50. The number of methoxy groups -OCH3 is 1. The number of benzene rings is 1. The van der Waals surface area contributed by atoms with Crippen molar-refractivity contribution < 1.29 is 19.1 Å². The molecule has 0 aliphatic rings. The van der Waals surface area contributed by atoms with Gasteiger partial charge in [-0.2, -0.15) is 0 Å². The summed E-state index contributed by atoms with van der Waals surface area (Å²) in [4.78, 5) is 22.4. The zero-order chi connectivity index (χ0) is 14.4. The van der Waals surface area contributed by atoms with Gasteiger partial charge in [0.2, 0.25) is 0 Å². The van der Waals surface area contributed by atoms with Gasteiger partial charge in [-0.25, -0.2) is 4.79 Å². The molecule has 0 bridgehead atoms. The number of hydrogen-bond donors (Lipinski definition) is 0. The predicted octanol–water partition coefficient (Wildman–Crippen LogP) is 2.70. The van der Waals surface area contributed by atoms with Gasteiger partial charge in [-0.05, 0) is 38.0 Å². The van der Waals surface area contributed by atoms with Crippen molar-refractivity contribution in [2.75, 3.05) is 7.11 Å². The molecular formula is C15H18O4. The second-order valence-corrected chi connectivity index (χ2v) is 4.36. The Balaban J connectivity index is 2.87. The van der Waals surface area contributed by atoms with Crippen LogP contribution in [0.4, 0.5) is 0 Å². The third-order valence-corrected chi connectivity index (χ3v) is 2.54. The first-order valence-electron chi connectivity index (χ1n) is 5.98. The minimum atomic E-state index is -0.491. The van der Waals surface area contributed by atoms with Crippen LogP contribution in [-0.4, -0.2) is 18.9 Å². The van der Waals surface area contributed by atoms with E-state index >= 15 is 0 Å². The Morgan fingerprint density at radius 1 is 1.21 bits per heavy atom. The zero-order valence-corrected chi connectivity index (χ0v) is 11.5. The Bertz CT molecular complexity index is 503. The number of carbonyl (C=O) groups is 2. The minimum Gasteiger partial charge on any atom is -0.493 e. The number of ether oxygens (including phenoxy) is 2. The average molecular weight is 262 g/mol. The van der Waals surface area contributed by atoms with E-state index in [4.69, 9.17) is 9.47 Å². The second kappa shape index (κ2) is 6.73. The fraction of sp³-hybridized carbons (Fsp3) is 0.333. The number of carbonyl (C=O) groups excluding carboxylic acids is 2. The summed E-state index contributed by atoms with van der Waals surface area (Å²) in [6.45, 7) is 6.66. The zero-order valence-electron chi connectivity index (χ0n) is 11.5. The second-order valence-electron chi connectivity index (χ2n) is 4.36. The molecule has 1 aromatic rings. The Kier molecular flexibility index (Phi) is 5.30. The first kappa shape index (κ1) is 15.0. The molecule has 0 heterocycles. The maximum Gasteiger partial charge on any atom is 0.338 e. The fourth-order valence-corrected chi connectivity index (χ4v) is 1.46. The Morgan fingerprint density at radius 2 is 1.89 bits per heavy atom. The summed E-state index contributed by atoms with van der Waals surface area (Å²) in [5.41, 5.74) is 1.28. The Hall–Kier alpha value is -2.10. The summed E-state index contributed by atoms with van der Waals surface area (Å²) in [5.74, 6) is 0.462. The Labute approximate surface area is 113 Å². The van der Waals surface area contributed by atoms with Gasteiger partial charge in [0, 0.05) is 12.0 Å². The van der Waals surface area contributed by atoms with E-state index in [9.17, 15) is 9.59 Å². The third kappa shape index (κ3) is 4.58. The predicted molar refractivity (Wildman–Crippen MR) is 72.4 cm³/mol. The number of hydrogen-bond acceptors (Lipinski definition) is 4. The largest absolute Gasteiger partial charge is 0.493 e. The lowest BCUT2D eigenvalue weighted by Gasteiger charge is -2.10. The van der Waals surface area contributed by atoms with Crippen LogP contribution < -0.4 is 9.47 Å². The number of ketones is 1. The highest BCUT2D eigenvalue weighted by atomic mass is 16.6. The van der Waals surface area contributed by atoms with Crippen LogP contribution in [0.25, 0.3) is 0 Å². The molecule has 102 valence electrons. The van der Waals surface area contributed by atoms with Crippen molar-refractivity contribution in [2.45, 2.75) is 26.7 Å². The van der Waals surface area contributed by atoms with Crippen molar-refractivity contribution in [3.05, 3.63) is 35.9 Å². The minimum absolute atomic E-state index is 0.136. The monoisotopic (exact) mass is 262 g/mol. The van der Waals surface area contributed by atoms with Crippen molar-refractivity contribution in [1.29, 1.82) is 0 Å². The van der Waals surface area contributed by atoms with Crippen molar-refractivity contribution in [3.8, 4) is 11.5 Å². The molecule has 0 fully saturated rings. The molecule has 0 unspecified atom stereocenters. The maximum absolute atomic E-state index is 11.5. The molecule has 0 saturated carbocycles. The molecule has 0 radical (unpaired) electrons. The SMILES string of the molecule is C=C(C)C(=O)Oc1ccc(CCC(C)=O)cc1OC. The van der Waals surface area contributed by atoms with Gasteiger partial charge in [-0.1, -0.05) is 12.6 Å². The standard InChI is InChI=1S/C15H18O4/c1-10(2)15(17)19-13-8-7-12(6-5-11(3)16)9-14(13)18-4/h7-9H,1,5-6H2,2-4H3. The lowest BCUT2D eigenvalue weighted by atomic mass is 10.1. The molecular weight excluding hydrogens is 244 g/mol. The van der Waals surface area contributed by atoms with Gasteiger partial charge < -0.3 is 14.3 Å². The van der Waals surface area contributed by atoms with Crippen LogP contribution in [0.15, 0.2) is 30.4 Å². The number of aryl methyl sites for hydroxylation is 1. The molecule has 0 aliphatic carbocycles. The van der Waals surface area contributed by atoms with E-state index in [0.717, 1.165) is 5.56 Å². The van der Waals surface area contributed by atoms with Gasteiger partial charge in [-0.15, -0.1) is 0 Å². The van der Waals surface area contributed by atoms with E-state index in [0.29, 0.717) is 29.9 Å². The molecule has 0 amide bonds. The van der Waals surface area contributed by atoms with Crippen molar-refractivity contribution in [2.24, 2.45) is 0 Å². The summed E-state index contributed by atoms with van der Waals surface area (Å²) in [6.07, 6.45) is 1.12. The highest BCUT2D eigenvalue weighted by Crippen LogP contribution is 2.29. The van der Waals surface area contributed by atoms with E-state index in [1.807, 2.05) is 6.07 Å². The van der Waals surface area contributed by atoms with Crippen LogP contribution >= 0.6 is 0 Å². The van der Waals surface area contributed by atoms with E-state index in [1.165, 1.54) is 7.11 Å². The molecule has 0 spiro atoms. The summed E-state index contributed by atoms with van der Waals surface area (Å²) in [5, 5.41) is 0. The van der Waals surface area contributed by atoms with Crippen LogP contribution in [0.3, 0.4) is 0 Å². The van der Waals surface area contributed by atoms with Crippen LogP contribution in [0.2, 0.25) is 0 Å². The lowest BCUT2D eigenvalue weighted by Crippen LogP contribution is -2.09. The van der Waals surface area contributed by atoms with E-state index in [2.05, 4.69) is 6.58 Å². The summed E-state index contributed by atoms with van der Waals surface area (Å²) in [6, 6.07) is 5.24. The van der Waals surface area contributed by atoms with Gasteiger partial charge >= 0.3 is 5.97 Å². The van der Waals surface area contributed by atoms with Gasteiger partial charge in [0.25, 0.3) is 0 Å². The first-order chi connectivity index (χ1) is 8.93. The lowest BCUT2D eigenvalue weighted by molar-refractivity contribution is -0.130. The molecule has 0 aliphatic heterocycles. The average Bonchev–Trinajstić information content (AvgIpc) is 2.37. The fourth-order valence-electron chi connectivity index (χ4n) is 1.46. The summed E-state index contributed by atoms with van der Waals surface area (Å²) < 4.78 is 10.3. The van der Waals surface area contributed by atoms with Crippen molar-refractivity contribution in [1.82, 2.24) is 0 Å². The van der Waals surface area contributed by atoms with Crippen molar-refractivity contribution >= 4 is 11.8 Å². The van der Waals surface area contributed by atoms with Crippen LogP contribution in [-0.2, 0) is 16.0 Å². The van der Waals surface area contributed by atoms with Gasteiger partial charge in [-0.3, -0.25) is 0 Å². The third-order valence-electron chi connectivity index (χ3n) is 2.54. The van der Waals surface area contributed by atoms with Crippen LogP contribution in [0.1, 0.15) is 25.8 Å². The quantitative estimate of drug-likeness (QED) is 0.449. The number of esters is 1. The molecule has 0 saturated heterocycles. The molecule has 0 atom stereocenters. The van der Waals surface area contributed by atoms with Crippen LogP contribution in [0.5, 0.6) is 11.5 Å². The van der Waals surface area contributed by atoms with E-state index in [1.54, 1.807) is 26.0 Å². The smallest absolute Gasteiger partial charge is 0.338 e. The summed E-state index contributed by atoms with van der Waals surface area (Å²) >= 11 is 0. The molecule has 4 nitrogen and oxygen atoms in total. The first-order valence-corrected chi connectivity index (χ1v) is 5.98. The number of rotatable bonds is 6. The van der Waals surface area contributed by atoms with Crippen molar-refractivity contribution in [3.63, 3.8) is 0 Å².